The average Bonchev–Trinajstić information content (AvgIpc) is 2.64. The van der Waals surface area contributed by atoms with Gasteiger partial charge in [0, 0.05) is 11.3 Å². The topological polar surface area (TPSA) is 67.2 Å². The van der Waals surface area contributed by atoms with Crippen molar-refractivity contribution in [2.45, 2.75) is 31.8 Å². The molecule has 1 amide bonds. The molecule has 82 valence electrons. The second kappa shape index (κ2) is 4.44. The second-order valence-corrected chi connectivity index (χ2v) is 3.72. The van der Waals surface area contributed by atoms with Gasteiger partial charge in [-0.05, 0) is 19.3 Å². The standard InChI is InChI=1S/C10H15N3O2/c14-5-4-13-10-3-1-2-9(11-7-15)8(10)6-12-13/h6-7,9,14H,1-5H2,(H,11,15). The van der Waals surface area contributed by atoms with Gasteiger partial charge in [0.2, 0.25) is 6.41 Å². The minimum Gasteiger partial charge on any atom is -0.394 e. The van der Waals surface area contributed by atoms with Crippen LogP contribution in [0.3, 0.4) is 0 Å². The summed E-state index contributed by atoms with van der Waals surface area (Å²) in [6, 6.07) is 0.0960. The van der Waals surface area contributed by atoms with Crippen LogP contribution in [0.15, 0.2) is 6.20 Å². The third-order valence-corrected chi connectivity index (χ3v) is 2.84. The molecule has 1 unspecified atom stereocenters. The zero-order valence-corrected chi connectivity index (χ0v) is 8.52. The zero-order chi connectivity index (χ0) is 10.7. The van der Waals surface area contributed by atoms with Crippen LogP contribution in [-0.2, 0) is 17.8 Å². The molecule has 0 saturated carbocycles. The lowest BCUT2D eigenvalue weighted by Gasteiger charge is -2.22. The predicted molar refractivity (Wildman–Crippen MR) is 54.2 cm³/mol. The molecule has 1 aliphatic rings. The van der Waals surface area contributed by atoms with E-state index in [4.69, 9.17) is 5.11 Å². The molecule has 2 rings (SSSR count). The summed E-state index contributed by atoms with van der Waals surface area (Å²) in [4.78, 5) is 10.4. The molecule has 5 nitrogen and oxygen atoms in total. The van der Waals surface area contributed by atoms with E-state index in [9.17, 15) is 4.79 Å². The fourth-order valence-corrected chi connectivity index (χ4v) is 2.16. The minimum absolute atomic E-state index is 0.0960. The van der Waals surface area contributed by atoms with Crippen molar-refractivity contribution in [3.8, 4) is 0 Å². The first-order chi connectivity index (χ1) is 7.36. The van der Waals surface area contributed by atoms with Crippen LogP contribution < -0.4 is 5.32 Å². The van der Waals surface area contributed by atoms with E-state index in [-0.39, 0.29) is 12.6 Å². The maximum absolute atomic E-state index is 10.4. The highest BCUT2D eigenvalue weighted by Gasteiger charge is 2.23. The van der Waals surface area contributed by atoms with Gasteiger partial charge in [0.25, 0.3) is 0 Å². The lowest BCUT2D eigenvalue weighted by Crippen LogP contribution is -2.24. The number of hydrogen-bond acceptors (Lipinski definition) is 3. The quantitative estimate of drug-likeness (QED) is 0.686. The van der Waals surface area contributed by atoms with Crippen molar-refractivity contribution >= 4 is 6.41 Å². The summed E-state index contributed by atoms with van der Waals surface area (Å²) in [5.74, 6) is 0. The second-order valence-electron chi connectivity index (χ2n) is 3.72. The lowest BCUT2D eigenvalue weighted by atomic mass is 9.93. The van der Waals surface area contributed by atoms with Gasteiger partial charge in [0.05, 0.1) is 25.4 Å². The van der Waals surface area contributed by atoms with Crippen molar-refractivity contribution in [3.63, 3.8) is 0 Å². The molecule has 1 aromatic heterocycles. The summed E-state index contributed by atoms with van der Waals surface area (Å²) < 4.78 is 1.83. The third kappa shape index (κ3) is 1.87. The number of aliphatic hydroxyl groups excluding tert-OH is 1. The molecule has 1 atom stereocenters. The molecule has 0 spiro atoms. The van der Waals surface area contributed by atoms with E-state index in [0.29, 0.717) is 6.54 Å². The first-order valence-corrected chi connectivity index (χ1v) is 5.22. The summed E-state index contributed by atoms with van der Waals surface area (Å²) in [5, 5.41) is 15.9. The molecule has 0 radical (unpaired) electrons. The molecular weight excluding hydrogens is 194 g/mol. The van der Waals surface area contributed by atoms with E-state index in [1.54, 1.807) is 6.20 Å². The first-order valence-electron chi connectivity index (χ1n) is 5.22. The van der Waals surface area contributed by atoms with Gasteiger partial charge in [-0.1, -0.05) is 0 Å². The van der Waals surface area contributed by atoms with E-state index < -0.39 is 0 Å². The van der Waals surface area contributed by atoms with Gasteiger partial charge in [-0.25, -0.2) is 0 Å². The smallest absolute Gasteiger partial charge is 0.207 e. The van der Waals surface area contributed by atoms with Crippen molar-refractivity contribution in [2.24, 2.45) is 0 Å². The number of carbonyl (C=O) groups excluding carboxylic acids is 1. The molecule has 0 fully saturated rings. The van der Waals surface area contributed by atoms with Crippen molar-refractivity contribution in [2.75, 3.05) is 6.61 Å². The number of nitrogens with one attached hydrogen (secondary N) is 1. The van der Waals surface area contributed by atoms with Crippen LogP contribution in [0.2, 0.25) is 0 Å². The van der Waals surface area contributed by atoms with Gasteiger partial charge in [0.1, 0.15) is 0 Å². The van der Waals surface area contributed by atoms with Crippen LogP contribution in [0.25, 0.3) is 0 Å². The molecule has 5 heteroatoms. The summed E-state index contributed by atoms with van der Waals surface area (Å²) in [7, 11) is 0. The number of fused-ring (bicyclic) bond motifs is 1. The number of carbonyl (C=O) groups is 1. The molecule has 0 bridgehead atoms. The van der Waals surface area contributed by atoms with E-state index in [2.05, 4.69) is 10.4 Å². The van der Waals surface area contributed by atoms with E-state index >= 15 is 0 Å². The molecule has 15 heavy (non-hydrogen) atoms. The molecule has 1 heterocycles. The van der Waals surface area contributed by atoms with E-state index in [0.717, 1.165) is 36.9 Å². The van der Waals surface area contributed by atoms with Crippen LogP contribution in [0, 0.1) is 0 Å². The molecule has 1 aliphatic carbocycles. The predicted octanol–water partition coefficient (Wildman–Crippen LogP) is -0.00120. The van der Waals surface area contributed by atoms with Gasteiger partial charge in [-0.3, -0.25) is 9.48 Å². The number of rotatable bonds is 4. The SMILES string of the molecule is O=CNC1CCCc2c1cnn2CCO. The largest absolute Gasteiger partial charge is 0.394 e. The Morgan fingerprint density at radius 3 is 3.33 bits per heavy atom. The van der Waals surface area contributed by atoms with Crippen LogP contribution in [0.5, 0.6) is 0 Å². The molecule has 2 N–H and O–H groups in total. The van der Waals surface area contributed by atoms with Gasteiger partial charge in [0.15, 0.2) is 0 Å². The molecule has 0 aromatic carbocycles. The highest BCUT2D eigenvalue weighted by molar-refractivity contribution is 5.48. The van der Waals surface area contributed by atoms with E-state index in [1.165, 1.54) is 0 Å². The fraction of sp³-hybridized carbons (Fsp3) is 0.600. The maximum atomic E-state index is 10.4. The number of amides is 1. The molecular formula is C10H15N3O2. The Balaban J connectivity index is 2.25. The van der Waals surface area contributed by atoms with Crippen LogP contribution >= 0.6 is 0 Å². The average molecular weight is 209 g/mol. The van der Waals surface area contributed by atoms with Crippen LogP contribution in [-0.4, -0.2) is 27.9 Å². The van der Waals surface area contributed by atoms with Gasteiger partial charge >= 0.3 is 0 Å². The Morgan fingerprint density at radius 2 is 2.60 bits per heavy atom. The zero-order valence-electron chi connectivity index (χ0n) is 8.52. The van der Waals surface area contributed by atoms with Gasteiger partial charge in [-0.2, -0.15) is 5.10 Å². The Hall–Kier alpha value is -1.36. The highest BCUT2D eigenvalue weighted by Crippen LogP contribution is 2.28. The number of aromatic nitrogens is 2. The summed E-state index contributed by atoms with van der Waals surface area (Å²) in [5.41, 5.74) is 2.25. The normalized spacial score (nSPS) is 19.7. The molecule has 0 aliphatic heterocycles. The van der Waals surface area contributed by atoms with Gasteiger partial charge in [-0.15, -0.1) is 0 Å². The number of aliphatic hydroxyl groups is 1. The van der Waals surface area contributed by atoms with Crippen LogP contribution in [0.4, 0.5) is 0 Å². The summed E-state index contributed by atoms with van der Waals surface area (Å²) >= 11 is 0. The van der Waals surface area contributed by atoms with Crippen molar-refractivity contribution in [3.05, 3.63) is 17.5 Å². The Labute approximate surface area is 88.1 Å². The first kappa shape index (κ1) is 10.2. The highest BCUT2D eigenvalue weighted by atomic mass is 16.3. The third-order valence-electron chi connectivity index (χ3n) is 2.84. The van der Waals surface area contributed by atoms with Gasteiger partial charge < -0.3 is 10.4 Å². The fourth-order valence-electron chi connectivity index (χ4n) is 2.16. The molecule has 0 saturated heterocycles. The molecule has 1 aromatic rings. The Bertz CT molecular complexity index is 348. The summed E-state index contributed by atoms with van der Waals surface area (Å²) in [6.45, 7) is 0.628. The van der Waals surface area contributed by atoms with Crippen molar-refractivity contribution in [1.29, 1.82) is 0 Å². The Morgan fingerprint density at radius 1 is 1.73 bits per heavy atom. The monoisotopic (exact) mass is 209 g/mol. The summed E-state index contributed by atoms with van der Waals surface area (Å²) in [6.07, 6.45) is 5.53. The van der Waals surface area contributed by atoms with Crippen molar-refractivity contribution < 1.29 is 9.90 Å². The number of hydrogen-bond donors (Lipinski definition) is 2. The maximum Gasteiger partial charge on any atom is 0.207 e. The minimum atomic E-state index is 0.0960. The van der Waals surface area contributed by atoms with E-state index in [1.807, 2.05) is 4.68 Å². The van der Waals surface area contributed by atoms with Crippen molar-refractivity contribution in [1.82, 2.24) is 15.1 Å². The lowest BCUT2D eigenvalue weighted by molar-refractivity contribution is -0.110. The Kier molecular flexibility index (Phi) is 3.01. The number of nitrogens with zero attached hydrogens (tertiary/aromatic N) is 2. The van der Waals surface area contributed by atoms with Crippen LogP contribution in [0.1, 0.15) is 30.1 Å².